The highest BCUT2D eigenvalue weighted by atomic mass is 16.5. The van der Waals surface area contributed by atoms with Crippen LogP contribution in [0, 0.1) is 13.8 Å². The first-order valence-corrected chi connectivity index (χ1v) is 5.37. The van der Waals surface area contributed by atoms with Crippen LogP contribution in [0.2, 0.25) is 0 Å². The van der Waals surface area contributed by atoms with Gasteiger partial charge >= 0.3 is 0 Å². The second-order valence-corrected chi connectivity index (χ2v) is 4.05. The highest BCUT2D eigenvalue weighted by Crippen LogP contribution is 2.23. The van der Waals surface area contributed by atoms with Crippen LogP contribution in [0.4, 0.5) is 0 Å². The van der Waals surface area contributed by atoms with E-state index < -0.39 is 6.10 Å². The van der Waals surface area contributed by atoms with E-state index >= 15 is 0 Å². The van der Waals surface area contributed by atoms with Crippen molar-refractivity contribution in [2.45, 2.75) is 39.4 Å². The van der Waals surface area contributed by atoms with Gasteiger partial charge in [-0.3, -0.25) is 0 Å². The number of rotatable bonds is 4. The number of hydrogen-bond acceptors (Lipinski definition) is 2. The summed E-state index contributed by atoms with van der Waals surface area (Å²) in [5, 5.41) is 10.1. The molecule has 0 aliphatic carbocycles. The molecule has 1 aromatic carbocycles. The zero-order chi connectivity index (χ0) is 11.4. The van der Waals surface area contributed by atoms with Gasteiger partial charge in [-0.2, -0.15) is 0 Å². The van der Waals surface area contributed by atoms with Crippen molar-refractivity contribution in [1.29, 1.82) is 0 Å². The Labute approximate surface area is 91.9 Å². The summed E-state index contributed by atoms with van der Waals surface area (Å²) in [6.07, 6.45) is 0.162. The van der Waals surface area contributed by atoms with Crippen LogP contribution in [-0.4, -0.2) is 18.3 Å². The molecule has 0 spiro atoms. The second kappa shape index (κ2) is 5.29. The molecule has 15 heavy (non-hydrogen) atoms. The minimum Gasteiger partial charge on any atom is -0.386 e. The van der Waals surface area contributed by atoms with E-state index in [-0.39, 0.29) is 6.10 Å². The number of benzene rings is 1. The third kappa shape index (κ3) is 3.05. The number of aryl methyl sites for hydroxylation is 2. The fourth-order valence-corrected chi connectivity index (χ4v) is 1.91. The number of aliphatic hydroxyl groups is 1. The Kier molecular flexibility index (Phi) is 4.30. The van der Waals surface area contributed by atoms with Gasteiger partial charge in [0.2, 0.25) is 0 Å². The average Bonchev–Trinajstić information content (AvgIpc) is 2.18. The molecule has 0 saturated carbocycles. The largest absolute Gasteiger partial charge is 0.386 e. The molecule has 0 fully saturated rings. The van der Waals surface area contributed by atoms with E-state index in [1.807, 2.05) is 32.9 Å². The van der Waals surface area contributed by atoms with Crippen molar-refractivity contribution in [2.75, 3.05) is 7.11 Å². The maximum atomic E-state index is 10.1. The lowest BCUT2D eigenvalue weighted by molar-refractivity contribution is -0.0149. The highest BCUT2D eigenvalue weighted by Gasteiger charge is 2.18. The monoisotopic (exact) mass is 208 g/mol. The molecule has 2 atom stereocenters. The van der Waals surface area contributed by atoms with E-state index in [1.54, 1.807) is 7.11 Å². The van der Waals surface area contributed by atoms with E-state index in [0.29, 0.717) is 0 Å². The fraction of sp³-hybridized carbons (Fsp3) is 0.538. The molecule has 2 nitrogen and oxygen atoms in total. The minimum atomic E-state index is -0.529. The van der Waals surface area contributed by atoms with Gasteiger partial charge in [-0.25, -0.2) is 0 Å². The van der Waals surface area contributed by atoms with Crippen molar-refractivity contribution in [1.82, 2.24) is 0 Å². The number of hydrogen-bond donors (Lipinski definition) is 1. The van der Waals surface area contributed by atoms with Crippen LogP contribution in [0.1, 0.15) is 36.1 Å². The molecular formula is C13H20O2. The highest BCUT2D eigenvalue weighted by molar-refractivity contribution is 5.30. The Balaban J connectivity index is 2.94. The van der Waals surface area contributed by atoms with Gasteiger partial charge in [0.15, 0.2) is 0 Å². The molecule has 0 bridgehead atoms. The van der Waals surface area contributed by atoms with Crippen LogP contribution in [0.25, 0.3) is 0 Å². The number of methoxy groups -OCH3 is 1. The summed E-state index contributed by atoms with van der Waals surface area (Å²) in [6.45, 7) is 6.09. The van der Waals surface area contributed by atoms with Crippen LogP contribution in [-0.2, 0) is 4.74 Å². The SMILES string of the molecule is CCC(OC)C(O)c1cc(C)cc(C)c1. The normalized spacial score (nSPS) is 15.0. The smallest absolute Gasteiger partial charge is 0.105 e. The lowest BCUT2D eigenvalue weighted by Gasteiger charge is -2.21. The molecule has 0 aliphatic rings. The lowest BCUT2D eigenvalue weighted by atomic mass is 9.98. The maximum absolute atomic E-state index is 10.1. The van der Waals surface area contributed by atoms with Crippen LogP contribution in [0.15, 0.2) is 18.2 Å². The van der Waals surface area contributed by atoms with Crippen molar-refractivity contribution in [3.63, 3.8) is 0 Å². The third-order valence-corrected chi connectivity index (χ3v) is 2.64. The molecule has 0 amide bonds. The number of ether oxygens (including phenoxy) is 1. The third-order valence-electron chi connectivity index (χ3n) is 2.64. The molecule has 1 N–H and O–H groups in total. The molecule has 0 aliphatic heterocycles. The molecule has 0 aromatic heterocycles. The van der Waals surface area contributed by atoms with Gasteiger partial charge in [-0.15, -0.1) is 0 Å². The predicted octanol–water partition coefficient (Wildman–Crippen LogP) is 2.76. The van der Waals surface area contributed by atoms with Crippen LogP contribution in [0.3, 0.4) is 0 Å². The molecule has 0 radical (unpaired) electrons. The molecule has 1 rings (SSSR count). The Bertz CT molecular complexity index is 296. The second-order valence-electron chi connectivity index (χ2n) is 4.05. The molecule has 2 heteroatoms. The first-order valence-electron chi connectivity index (χ1n) is 5.37. The van der Waals surface area contributed by atoms with Crippen molar-refractivity contribution in [3.8, 4) is 0 Å². The Morgan fingerprint density at radius 2 is 1.73 bits per heavy atom. The first-order chi connectivity index (χ1) is 7.08. The van der Waals surface area contributed by atoms with Crippen molar-refractivity contribution < 1.29 is 9.84 Å². The quantitative estimate of drug-likeness (QED) is 0.824. The molecule has 0 heterocycles. The number of aliphatic hydroxyl groups excluding tert-OH is 1. The lowest BCUT2D eigenvalue weighted by Crippen LogP contribution is -2.20. The van der Waals surface area contributed by atoms with Crippen LogP contribution in [0.5, 0.6) is 0 Å². The standard InChI is InChI=1S/C13H20O2/c1-5-12(15-4)13(14)11-7-9(2)6-10(3)8-11/h6-8,12-14H,5H2,1-4H3. The molecule has 84 valence electrons. The van der Waals surface area contributed by atoms with E-state index in [9.17, 15) is 5.11 Å². The summed E-state index contributed by atoms with van der Waals surface area (Å²) in [6, 6.07) is 6.13. The van der Waals surface area contributed by atoms with E-state index in [2.05, 4.69) is 6.07 Å². The summed E-state index contributed by atoms with van der Waals surface area (Å²) < 4.78 is 5.25. The van der Waals surface area contributed by atoms with Gasteiger partial charge in [0.25, 0.3) is 0 Å². The minimum absolute atomic E-state index is 0.119. The van der Waals surface area contributed by atoms with E-state index in [4.69, 9.17) is 4.74 Å². The summed E-state index contributed by atoms with van der Waals surface area (Å²) in [5.74, 6) is 0. The van der Waals surface area contributed by atoms with E-state index in [0.717, 1.165) is 12.0 Å². The van der Waals surface area contributed by atoms with Crippen LogP contribution >= 0.6 is 0 Å². The summed E-state index contributed by atoms with van der Waals surface area (Å²) >= 11 is 0. The van der Waals surface area contributed by atoms with Gasteiger partial charge in [-0.05, 0) is 25.8 Å². The van der Waals surface area contributed by atoms with Gasteiger partial charge in [0.1, 0.15) is 6.10 Å². The van der Waals surface area contributed by atoms with Gasteiger partial charge in [0.05, 0.1) is 6.10 Å². The van der Waals surface area contributed by atoms with Crippen LogP contribution < -0.4 is 0 Å². The van der Waals surface area contributed by atoms with E-state index in [1.165, 1.54) is 11.1 Å². The van der Waals surface area contributed by atoms with Crippen molar-refractivity contribution in [3.05, 3.63) is 34.9 Å². The summed E-state index contributed by atoms with van der Waals surface area (Å²) in [4.78, 5) is 0. The maximum Gasteiger partial charge on any atom is 0.105 e. The summed E-state index contributed by atoms with van der Waals surface area (Å²) in [7, 11) is 1.64. The average molecular weight is 208 g/mol. The Hall–Kier alpha value is -0.860. The zero-order valence-corrected chi connectivity index (χ0v) is 9.95. The molecule has 2 unspecified atom stereocenters. The van der Waals surface area contributed by atoms with Crippen molar-refractivity contribution in [2.24, 2.45) is 0 Å². The van der Waals surface area contributed by atoms with Gasteiger partial charge in [-0.1, -0.05) is 36.2 Å². The topological polar surface area (TPSA) is 29.5 Å². The molecular weight excluding hydrogens is 188 g/mol. The zero-order valence-electron chi connectivity index (χ0n) is 9.95. The Morgan fingerprint density at radius 1 is 1.20 bits per heavy atom. The first kappa shape index (κ1) is 12.2. The summed E-state index contributed by atoms with van der Waals surface area (Å²) in [5.41, 5.74) is 3.30. The Morgan fingerprint density at radius 3 is 2.13 bits per heavy atom. The molecule has 0 saturated heterocycles. The van der Waals surface area contributed by atoms with Gasteiger partial charge in [0, 0.05) is 7.11 Å². The van der Waals surface area contributed by atoms with Gasteiger partial charge < -0.3 is 9.84 Å². The predicted molar refractivity (Wildman–Crippen MR) is 62.0 cm³/mol. The van der Waals surface area contributed by atoms with Crippen molar-refractivity contribution >= 4 is 0 Å². The fourth-order valence-electron chi connectivity index (χ4n) is 1.91. The molecule has 1 aromatic rings.